The number of fused-ring (bicyclic) bond motifs is 1. The molecule has 1 saturated carbocycles. The monoisotopic (exact) mass is 368 g/mol. The predicted molar refractivity (Wildman–Crippen MR) is 103 cm³/mol. The van der Waals surface area contributed by atoms with Gasteiger partial charge in [0.1, 0.15) is 0 Å². The highest BCUT2D eigenvalue weighted by molar-refractivity contribution is 7.96. The molecule has 134 valence electrons. The highest BCUT2D eigenvalue weighted by atomic mass is 32.2. The van der Waals surface area contributed by atoms with Gasteiger partial charge < -0.3 is 5.32 Å². The molecule has 0 aliphatic heterocycles. The summed E-state index contributed by atoms with van der Waals surface area (Å²) in [5.41, 5.74) is 3.16. The molecule has 2 aliphatic rings. The number of amides is 1. The van der Waals surface area contributed by atoms with Gasteiger partial charge in [-0.3, -0.25) is 9.52 Å². The number of anilines is 2. The minimum absolute atomic E-state index is 0.00315. The molecule has 0 spiro atoms. The van der Waals surface area contributed by atoms with Crippen molar-refractivity contribution in [2.24, 2.45) is 5.92 Å². The van der Waals surface area contributed by atoms with Crippen LogP contribution in [0.5, 0.6) is 0 Å². The zero-order valence-electron chi connectivity index (χ0n) is 14.2. The lowest BCUT2D eigenvalue weighted by Gasteiger charge is -2.17. The van der Waals surface area contributed by atoms with E-state index in [1.165, 1.54) is 0 Å². The highest BCUT2D eigenvalue weighted by Gasteiger charge is 2.29. The van der Waals surface area contributed by atoms with Crippen molar-refractivity contribution in [1.29, 1.82) is 0 Å². The van der Waals surface area contributed by atoms with E-state index in [9.17, 15) is 13.2 Å². The minimum Gasteiger partial charge on any atom is -0.326 e. The van der Waals surface area contributed by atoms with Crippen LogP contribution in [0.1, 0.15) is 30.4 Å². The van der Waals surface area contributed by atoms with Gasteiger partial charge in [-0.2, -0.15) is 0 Å². The Kier molecular flexibility index (Phi) is 4.28. The fourth-order valence-corrected chi connectivity index (χ4v) is 4.31. The van der Waals surface area contributed by atoms with Crippen molar-refractivity contribution in [3.63, 3.8) is 0 Å². The van der Waals surface area contributed by atoms with E-state index in [0.29, 0.717) is 29.1 Å². The van der Waals surface area contributed by atoms with E-state index in [1.54, 1.807) is 30.3 Å². The highest BCUT2D eigenvalue weighted by Crippen LogP contribution is 2.31. The van der Waals surface area contributed by atoms with Crippen molar-refractivity contribution >= 4 is 33.4 Å². The van der Waals surface area contributed by atoms with Gasteiger partial charge in [0, 0.05) is 11.6 Å². The van der Waals surface area contributed by atoms with Gasteiger partial charge in [-0.15, -0.1) is 0 Å². The summed E-state index contributed by atoms with van der Waals surface area (Å²) >= 11 is 0. The van der Waals surface area contributed by atoms with Crippen LogP contribution in [0.3, 0.4) is 0 Å². The quantitative estimate of drug-likeness (QED) is 0.844. The molecule has 0 unspecified atom stereocenters. The number of carbonyl (C=O) groups excluding carboxylic acids is 1. The standard InChI is InChI=1S/C20H20N2O3S/c23-20(15-8-9-15)21-17-6-3-7-18(13-17)22-26(24,25)19-11-10-14-4-1-2-5-16(14)12-19/h1-7,12-13,15,22H,8-11H2,(H,21,23). The molecule has 26 heavy (non-hydrogen) atoms. The molecule has 1 amide bonds. The Morgan fingerprint density at radius 1 is 0.962 bits per heavy atom. The molecule has 0 radical (unpaired) electrons. The van der Waals surface area contributed by atoms with Gasteiger partial charge in [0.15, 0.2) is 0 Å². The molecule has 0 aromatic heterocycles. The third kappa shape index (κ3) is 3.65. The fourth-order valence-electron chi connectivity index (χ4n) is 3.09. The number of aryl methyl sites for hydroxylation is 1. The molecular weight excluding hydrogens is 348 g/mol. The third-order valence-electron chi connectivity index (χ3n) is 4.69. The zero-order valence-corrected chi connectivity index (χ0v) is 15.1. The smallest absolute Gasteiger partial charge is 0.258 e. The number of carbonyl (C=O) groups is 1. The van der Waals surface area contributed by atoms with Crippen LogP contribution in [0.2, 0.25) is 0 Å². The van der Waals surface area contributed by atoms with E-state index in [4.69, 9.17) is 0 Å². The van der Waals surface area contributed by atoms with Crippen molar-refractivity contribution in [3.05, 3.63) is 64.6 Å². The van der Waals surface area contributed by atoms with E-state index in [2.05, 4.69) is 10.0 Å². The Labute approximate surface area is 153 Å². The minimum atomic E-state index is -3.63. The second kappa shape index (κ2) is 6.61. The van der Waals surface area contributed by atoms with Gasteiger partial charge in [-0.1, -0.05) is 30.3 Å². The number of benzene rings is 2. The zero-order chi connectivity index (χ0) is 18.1. The molecule has 2 aliphatic carbocycles. The molecule has 0 atom stereocenters. The summed E-state index contributed by atoms with van der Waals surface area (Å²) in [4.78, 5) is 12.3. The molecule has 4 rings (SSSR count). The van der Waals surface area contributed by atoms with Gasteiger partial charge in [0.25, 0.3) is 10.0 Å². The van der Waals surface area contributed by atoms with Crippen LogP contribution < -0.4 is 10.0 Å². The normalized spacial score (nSPS) is 16.4. The third-order valence-corrected chi connectivity index (χ3v) is 6.20. The van der Waals surface area contributed by atoms with Gasteiger partial charge in [-0.25, -0.2) is 8.42 Å². The van der Waals surface area contributed by atoms with E-state index in [1.807, 2.05) is 24.3 Å². The summed E-state index contributed by atoms with van der Waals surface area (Å²) in [6.07, 6.45) is 4.77. The van der Waals surface area contributed by atoms with Crippen molar-refractivity contribution in [2.45, 2.75) is 25.7 Å². The maximum atomic E-state index is 12.7. The molecule has 0 bridgehead atoms. The molecule has 2 N–H and O–H groups in total. The van der Waals surface area contributed by atoms with Crippen LogP contribution in [0.4, 0.5) is 11.4 Å². The largest absolute Gasteiger partial charge is 0.326 e. The average molecular weight is 368 g/mol. The van der Waals surface area contributed by atoms with E-state index in [0.717, 1.165) is 24.0 Å². The molecule has 0 saturated heterocycles. The molecule has 1 fully saturated rings. The van der Waals surface area contributed by atoms with E-state index < -0.39 is 10.0 Å². The SMILES string of the molecule is O=C(Nc1cccc(NS(=O)(=O)C2=Cc3ccccc3CC2)c1)C1CC1. The Bertz CT molecular complexity index is 992. The second-order valence-corrected chi connectivity index (χ2v) is 8.49. The van der Waals surface area contributed by atoms with Crippen molar-refractivity contribution < 1.29 is 13.2 Å². The lowest BCUT2D eigenvalue weighted by molar-refractivity contribution is -0.117. The Balaban J connectivity index is 1.53. The topological polar surface area (TPSA) is 75.3 Å². The first-order chi connectivity index (χ1) is 12.5. The van der Waals surface area contributed by atoms with Crippen LogP contribution >= 0.6 is 0 Å². The fraction of sp³-hybridized carbons (Fsp3) is 0.250. The first kappa shape index (κ1) is 16.8. The van der Waals surface area contributed by atoms with E-state index >= 15 is 0 Å². The first-order valence-corrected chi connectivity index (χ1v) is 10.2. The number of nitrogens with one attached hydrogen (secondary N) is 2. The van der Waals surface area contributed by atoms with Gasteiger partial charge in [0.2, 0.25) is 5.91 Å². The second-order valence-electron chi connectivity index (χ2n) is 6.76. The van der Waals surface area contributed by atoms with Crippen LogP contribution in [0, 0.1) is 5.92 Å². The lowest BCUT2D eigenvalue weighted by atomic mass is 9.98. The molecule has 6 heteroatoms. The molecule has 2 aromatic rings. The van der Waals surface area contributed by atoms with Crippen LogP contribution in [0.15, 0.2) is 53.4 Å². The Morgan fingerprint density at radius 3 is 2.54 bits per heavy atom. The summed E-state index contributed by atoms with van der Waals surface area (Å²) in [6.45, 7) is 0. The van der Waals surface area contributed by atoms with Crippen molar-refractivity contribution in [3.8, 4) is 0 Å². The summed E-state index contributed by atoms with van der Waals surface area (Å²) in [5, 5.41) is 2.83. The number of allylic oxidation sites excluding steroid dienone is 1. The number of hydrogen-bond donors (Lipinski definition) is 2. The molecule has 2 aromatic carbocycles. The van der Waals surface area contributed by atoms with Crippen LogP contribution in [-0.2, 0) is 21.2 Å². The number of rotatable bonds is 5. The van der Waals surface area contributed by atoms with Gasteiger partial charge in [-0.05, 0) is 61.1 Å². The van der Waals surface area contributed by atoms with E-state index in [-0.39, 0.29) is 11.8 Å². The Morgan fingerprint density at radius 2 is 1.73 bits per heavy atom. The maximum Gasteiger partial charge on any atom is 0.258 e. The first-order valence-electron chi connectivity index (χ1n) is 8.73. The van der Waals surface area contributed by atoms with Crippen LogP contribution in [-0.4, -0.2) is 14.3 Å². The van der Waals surface area contributed by atoms with Crippen molar-refractivity contribution in [1.82, 2.24) is 0 Å². The summed E-state index contributed by atoms with van der Waals surface area (Å²) in [6, 6.07) is 14.6. The summed E-state index contributed by atoms with van der Waals surface area (Å²) < 4.78 is 28.1. The predicted octanol–water partition coefficient (Wildman–Crippen LogP) is 3.76. The molecule has 5 nitrogen and oxygen atoms in total. The number of sulfonamides is 1. The van der Waals surface area contributed by atoms with Gasteiger partial charge in [0.05, 0.1) is 10.6 Å². The Hall–Kier alpha value is -2.60. The maximum absolute atomic E-state index is 12.7. The molecule has 0 heterocycles. The van der Waals surface area contributed by atoms with Gasteiger partial charge >= 0.3 is 0 Å². The summed E-state index contributed by atoms with van der Waals surface area (Å²) in [7, 11) is -3.63. The summed E-state index contributed by atoms with van der Waals surface area (Å²) in [5.74, 6) is 0.0967. The average Bonchev–Trinajstić information content (AvgIpc) is 3.46. The van der Waals surface area contributed by atoms with Crippen molar-refractivity contribution in [2.75, 3.05) is 10.0 Å². The molecular formula is C20H20N2O3S. The van der Waals surface area contributed by atoms with Crippen LogP contribution in [0.25, 0.3) is 6.08 Å². The number of hydrogen-bond acceptors (Lipinski definition) is 3. The lowest BCUT2D eigenvalue weighted by Crippen LogP contribution is -2.18.